The molecule has 0 unspecified atom stereocenters. The molecule has 1 rings (SSSR count). The van der Waals surface area contributed by atoms with Gasteiger partial charge in [-0.3, -0.25) is 9.59 Å². The molecular formula is C11H16N4O5. The molecule has 0 aliphatic rings. The number of rotatable bonds is 8. The van der Waals surface area contributed by atoms with Gasteiger partial charge in [-0.25, -0.2) is 0 Å². The second-order valence-electron chi connectivity index (χ2n) is 3.89. The molecule has 0 aromatic carbocycles. The van der Waals surface area contributed by atoms with Crippen molar-refractivity contribution in [1.82, 2.24) is 15.1 Å². The molecule has 0 fully saturated rings. The lowest BCUT2D eigenvalue weighted by Gasteiger charge is -2.04. The summed E-state index contributed by atoms with van der Waals surface area (Å²) in [6.07, 6.45) is 2.07. The average Bonchev–Trinajstić information content (AvgIpc) is 2.83. The molecular weight excluding hydrogens is 268 g/mol. The van der Waals surface area contributed by atoms with Crippen LogP contribution in [0.3, 0.4) is 0 Å². The van der Waals surface area contributed by atoms with E-state index in [1.807, 2.05) is 0 Å². The van der Waals surface area contributed by atoms with Crippen molar-refractivity contribution >= 4 is 17.7 Å². The zero-order valence-corrected chi connectivity index (χ0v) is 11.1. The molecule has 1 aromatic rings. The molecule has 0 bridgehead atoms. The van der Waals surface area contributed by atoms with Gasteiger partial charge < -0.3 is 20.2 Å². The van der Waals surface area contributed by atoms with Gasteiger partial charge in [0.2, 0.25) is 5.91 Å². The number of hydrogen-bond donors (Lipinski definition) is 1. The molecule has 0 radical (unpaired) electrons. The Morgan fingerprint density at radius 2 is 2.30 bits per heavy atom. The van der Waals surface area contributed by atoms with E-state index < -0.39 is 4.92 Å². The van der Waals surface area contributed by atoms with Crippen molar-refractivity contribution in [3.63, 3.8) is 0 Å². The topological polar surface area (TPSA) is 116 Å². The van der Waals surface area contributed by atoms with E-state index in [4.69, 9.17) is 4.74 Å². The number of nitrogens with one attached hydrogen (secondary N) is 1. The summed E-state index contributed by atoms with van der Waals surface area (Å²) in [7, 11) is 0. The van der Waals surface area contributed by atoms with E-state index in [0.29, 0.717) is 19.6 Å². The second-order valence-corrected chi connectivity index (χ2v) is 3.89. The summed E-state index contributed by atoms with van der Waals surface area (Å²) >= 11 is 0. The van der Waals surface area contributed by atoms with Crippen molar-refractivity contribution in [3.8, 4) is 0 Å². The maximum absolute atomic E-state index is 11.5. The van der Waals surface area contributed by atoms with Crippen LogP contribution >= 0.6 is 0 Å². The van der Waals surface area contributed by atoms with E-state index >= 15 is 0 Å². The molecule has 0 saturated heterocycles. The van der Waals surface area contributed by atoms with Crippen LogP contribution in [0.2, 0.25) is 0 Å². The summed E-state index contributed by atoms with van der Waals surface area (Å²) in [6.45, 7) is 2.29. The Hall–Kier alpha value is -2.45. The standard InChI is InChI=1S/C11H16N4O5/c1-2-20-11(17)4-3-6-12-10(16)8-14-7-5-9(13-14)15(18)19/h5,7H,2-4,6,8H2,1H3,(H,12,16). The maximum atomic E-state index is 11.5. The number of nitro groups is 1. The Labute approximate surface area is 115 Å². The lowest BCUT2D eigenvalue weighted by atomic mass is 10.3. The first kappa shape index (κ1) is 15.6. The Morgan fingerprint density at radius 3 is 2.90 bits per heavy atom. The summed E-state index contributed by atoms with van der Waals surface area (Å²) in [6, 6.07) is 1.22. The Kier molecular flexibility index (Phi) is 6.14. The summed E-state index contributed by atoms with van der Waals surface area (Å²) in [4.78, 5) is 32.3. The summed E-state index contributed by atoms with van der Waals surface area (Å²) in [5.41, 5.74) is 0. The van der Waals surface area contributed by atoms with Gasteiger partial charge in [0.25, 0.3) is 0 Å². The number of aromatic nitrogens is 2. The fourth-order valence-corrected chi connectivity index (χ4v) is 1.43. The van der Waals surface area contributed by atoms with Gasteiger partial charge in [-0.2, -0.15) is 4.68 Å². The number of hydrogen-bond acceptors (Lipinski definition) is 6. The summed E-state index contributed by atoms with van der Waals surface area (Å²) in [5, 5.41) is 16.6. The summed E-state index contributed by atoms with van der Waals surface area (Å²) in [5.74, 6) is -0.934. The minimum absolute atomic E-state index is 0.104. The molecule has 1 heterocycles. The average molecular weight is 284 g/mol. The highest BCUT2D eigenvalue weighted by atomic mass is 16.6. The molecule has 110 valence electrons. The molecule has 1 aromatic heterocycles. The van der Waals surface area contributed by atoms with E-state index in [1.165, 1.54) is 16.9 Å². The highest BCUT2D eigenvalue weighted by molar-refractivity contribution is 5.75. The fourth-order valence-electron chi connectivity index (χ4n) is 1.43. The Morgan fingerprint density at radius 1 is 1.55 bits per heavy atom. The zero-order chi connectivity index (χ0) is 15.0. The monoisotopic (exact) mass is 284 g/mol. The lowest BCUT2D eigenvalue weighted by Crippen LogP contribution is -2.29. The Balaban J connectivity index is 2.23. The van der Waals surface area contributed by atoms with Crippen molar-refractivity contribution in [2.24, 2.45) is 0 Å². The van der Waals surface area contributed by atoms with E-state index in [9.17, 15) is 19.7 Å². The van der Waals surface area contributed by atoms with Gasteiger partial charge in [0.05, 0.1) is 24.0 Å². The van der Waals surface area contributed by atoms with E-state index in [2.05, 4.69) is 10.4 Å². The molecule has 0 atom stereocenters. The van der Waals surface area contributed by atoms with Crippen LogP contribution < -0.4 is 5.32 Å². The van der Waals surface area contributed by atoms with Gasteiger partial charge in [-0.05, 0) is 18.3 Å². The van der Waals surface area contributed by atoms with Crippen LogP contribution in [0.5, 0.6) is 0 Å². The predicted molar refractivity (Wildman–Crippen MR) is 67.8 cm³/mol. The normalized spacial score (nSPS) is 10.1. The predicted octanol–water partition coefficient (Wildman–Crippen LogP) is 0.251. The first-order valence-corrected chi connectivity index (χ1v) is 6.13. The number of carbonyl (C=O) groups excluding carboxylic acids is 2. The van der Waals surface area contributed by atoms with Gasteiger partial charge in [0.1, 0.15) is 6.54 Å². The zero-order valence-electron chi connectivity index (χ0n) is 11.1. The highest BCUT2D eigenvalue weighted by Crippen LogP contribution is 2.04. The lowest BCUT2D eigenvalue weighted by molar-refractivity contribution is -0.389. The van der Waals surface area contributed by atoms with Gasteiger partial charge in [0, 0.05) is 13.0 Å². The molecule has 9 nitrogen and oxygen atoms in total. The van der Waals surface area contributed by atoms with Gasteiger partial charge in [-0.15, -0.1) is 0 Å². The van der Waals surface area contributed by atoms with Crippen LogP contribution in [-0.2, 0) is 20.9 Å². The number of carbonyl (C=O) groups is 2. The van der Waals surface area contributed by atoms with E-state index in [0.717, 1.165) is 0 Å². The third-order valence-electron chi connectivity index (χ3n) is 2.30. The van der Waals surface area contributed by atoms with Crippen molar-refractivity contribution in [3.05, 3.63) is 22.4 Å². The molecule has 1 N–H and O–H groups in total. The Bertz CT molecular complexity index is 485. The first-order chi connectivity index (χ1) is 9.52. The van der Waals surface area contributed by atoms with Crippen molar-refractivity contribution in [2.75, 3.05) is 13.2 Å². The van der Waals surface area contributed by atoms with Crippen molar-refractivity contribution in [1.29, 1.82) is 0 Å². The molecule has 0 aliphatic heterocycles. The van der Waals surface area contributed by atoms with Crippen LogP contribution in [0.1, 0.15) is 19.8 Å². The van der Waals surface area contributed by atoms with Crippen LogP contribution in [0, 0.1) is 10.1 Å². The van der Waals surface area contributed by atoms with Crippen LogP contribution in [0.4, 0.5) is 5.82 Å². The molecule has 1 amide bonds. The fraction of sp³-hybridized carbons (Fsp3) is 0.545. The second kappa shape index (κ2) is 7.87. The van der Waals surface area contributed by atoms with Crippen molar-refractivity contribution in [2.45, 2.75) is 26.3 Å². The molecule has 0 saturated carbocycles. The minimum atomic E-state index is -0.631. The SMILES string of the molecule is CCOC(=O)CCCNC(=O)Cn1ccc([N+](=O)[O-])n1. The highest BCUT2D eigenvalue weighted by Gasteiger charge is 2.13. The molecule has 20 heavy (non-hydrogen) atoms. The smallest absolute Gasteiger partial charge is 0.389 e. The first-order valence-electron chi connectivity index (χ1n) is 6.13. The molecule has 9 heteroatoms. The third kappa shape index (κ3) is 5.46. The van der Waals surface area contributed by atoms with Crippen LogP contribution in [0.25, 0.3) is 0 Å². The van der Waals surface area contributed by atoms with Crippen LogP contribution in [-0.4, -0.2) is 39.7 Å². The van der Waals surface area contributed by atoms with E-state index in [1.54, 1.807) is 6.92 Å². The van der Waals surface area contributed by atoms with Crippen molar-refractivity contribution < 1.29 is 19.2 Å². The van der Waals surface area contributed by atoms with E-state index in [-0.39, 0.29) is 30.7 Å². The molecule has 0 aliphatic carbocycles. The van der Waals surface area contributed by atoms with Gasteiger partial charge >= 0.3 is 11.8 Å². The quantitative estimate of drug-likeness (QED) is 0.316. The molecule has 0 spiro atoms. The van der Waals surface area contributed by atoms with Gasteiger partial charge in [-0.1, -0.05) is 0 Å². The number of amides is 1. The number of ether oxygens (including phenoxy) is 1. The van der Waals surface area contributed by atoms with Crippen LogP contribution in [0.15, 0.2) is 12.3 Å². The number of nitrogens with zero attached hydrogens (tertiary/aromatic N) is 3. The minimum Gasteiger partial charge on any atom is -0.466 e. The summed E-state index contributed by atoms with van der Waals surface area (Å²) < 4.78 is 5.92. The largest absolute Gasteiger partial charge is 0.466 e. The third-order valence-corrected chi connectivity index (χ3v) is 2.30. The number of esters is 1. The maximum Gasteiger partial charge on any atom is 0.389 e. The van der Waals surface area contributed by atoms with Gasteiger partial charge in [0.15, 0.2) is 0 Å².